The lowest BCUT2D eigenvalue weighted by Crippen LogP contribution is -2.15. The van der Waals surface area contributed by atoms with Crippen LogP contribution in [0.15, 0.2) is 51.6 Å². The van der Waals surface area contributed by atoms with Crippen LogP contribution >= 0.6 is 38.5 Å². The maximum absolute atomic E-state index is 12.3. The molecule has 0 bridgehead atoms. The lowest BCUT2D eigenvalue weighted by molar-refractivity contribution is -0.145. The molecule has 0 aliphatic carbocycles. The van der Waals surface area contributed by atoms with Gasteiger partial charge in [-0.3, -0.25) is 0 Å². The number of nitrogens with zero attached hydrogens (tertiary/aromatic N) is 1. The van der Waals surface area contributed by atoms with E-state index in [1.54, 1.807) is 25.1 Å². The minimum atomic E-state index is -0.534. The van der Waals surface area contributed by atoms with Crippen LogP contribution in [0.3, 0.4) is 0 Å². The first-order chi connectivity index (χ1) is 14.9. The zero-order chi connectivity index (χ0) is 22.4. The fourth-order valence-electron chi connectivity index (χ4n) is 2.69. The number of carbonyl (C=O) groups is 2. The Morgan fingerprint density at radius 1 is 1.16 bits per heavy atom. The lowest BCUT2D eigenvalue weighted by atomic mass is 10.1. The van der Waals surface area contributed by atoms with Gasteiger partial charge in [0, 0.05) is 10.0 Å². The first-order valence-electron chi connectivity index (χ1n) is 9.44. The van der Waals surface area contributed by atoms with E-state index >= 15 is 0 Å². The first kappa shape index (κ1) is 23.3. The minimum Gasteiger partial charge on any atom is -0.490 e. The van der Waals surface area contributed by atoms with Crippen LogP contribution in [-0.2, 0) is 19.1 Å². The van der Waals surface area contributed by atoms with Crippen molar-refractivity contribution >= 4 is 62.4 Å². The molecule has 31 heavy (non-hydrogen) atoms. The molecule has 0 saturated carbocycles. The smallest absolute Gasteiger partial charge is 0.363 e. The Morgan fingerprint density at radius 3 is 2.58 bits per heavy atom. The third-order valence-corrected chi connectivity index (χ3v) is 5.32. The number of ether oxygens (including phenoxy) is 4. The van der Waals surface area contributed by atoms with Gasteiger partial charge in [0.05, 0.1) is 16.8 Å². The molecule has 0 saturated heterocycles. The van der Waals surface area contributed by atoms with Crippen LogP contribution in [0.2, 0.25) is 0 Å². The zero-order valence-electron chi connectivity index (χ0n) is 16.8. The van der Waals surface area contributed by atoms with Crippen LogP contribution in [0.25, 0.3) is 6.08 Å². The largest absolute Gasteiger partial charge is 0.490 e. The molecule has 7 nitrogen and oxygen atoms in total. The van der Waals surface area contributed by atoms with Crippen molar-refractivity contribution in [1.29, 1.82) is 0 Å². The van der Waals surface area contributed by atoms with E-state index in [1.165, 1.54) is 0 Å². The Hall–Kier alpha value is -2.40. The second kappa shape index (κ2) is 10.8. The van der Waals surface area contributed by atoms with Crippen LogP contribution in [0.4, 0.5) is 0 Å². The molecular formula is C22H19BrINO6. The van der Waals surface area contributed by atoms with Gasteiger partial charge in [-0.25, -0.2) is 14.6 Å². The van der Waals surface area contributed by atoms with Gasteiger partial charge < -0.3 is 18.9 Å². The van der Waals surface area contributed by atoms with E-state index in [1.807, 2.05) is 31.2 Å². The Balaban J connectivity index is 1.88. The number of aliphatic imine (C=N–C) groups is 1. The third-order valence-electron chi connectivity index (χ3n) is 3.99. The van der Waals surface area contributed by atoms with Crippen LogP contribution in [-0.4, -0.2) is 37.7 Å². The minimum absolute atomic E-state index is 0.177. The lowest BCUT2D eigenvalue weighted by Gasteiger charge is -2.14. The highest BCUT2D eigenvalue weighted by molar-refractivity contribution is 14.1. The summed E-state index contributed by atoms with van der Waals surface area (Å²) in [5.41, 5.74) is 1.56. The molecule has 0 amide bonds. The molecular weight excluding hydrogens is 581 g/mol. The van der Waals surface area contributed by atoms with Crippen molar-refractivity contribution < 1.29 is 28.5 Å². The van der Waals surface area contributed by atoms with Crippen molar-refractivity contribution in [2.75, 3.05) is 19.8 Å². The highest BCUT2D eigenvalue weighted by Crippen LogP contribution is 2.35. The molecule has 2 aromatic rings. The molecule has 1 aliphatic heterocycles. The van der Waals surface area contributed by atoms with Crippen molar-refractivity contribution in [3.05, 3.63) is 61.3 Å². The number of carbonyl (C=O) groups excluding carboxylic acids is 2. The molecule has 0 radical (unpaired) electrons. The Morgan fingerprint density at radius 2 is 1.90 bits per heavy atom. The predicted molar refractivity (Wildman–Crippen MR) is 127 cm³/mol. The van der Waals surface area contributed by atoms with Gasteiger partial charge in [0.25, 0.3) is 0 Å². The molecule has 1 aliphatic rings. The van der Waals surface area contributed by atoms with Crippen molar-refractivity contribution in [2.24, 2.45) is 4.99 Å². The number of esters is 2. The van der Waals surface area contributed by atoms with Gasteiger partial charge in [0.2, 0.25) is 5.90 Å². The van der Waals surface area contributed by atoms with Gasteiger partial charge in [-0.05, 0) is 84.5 Å². The Bertz CT molecular complexity index is 1050. The van der Waals surface area contributed by atoms with E-state index in [-0.39, 0.29) is 24.8 Å². The molecule has 0 fully saturated rings. The van der Waals surface area contributed by atoms with E-state index < -0.39 is 11.9 Å². The number of cyclic esters (lactones) is 1. The number of hydrogen-bond acceptors (Lipinski definition) is 7. The maximum Gasteiger partial charge on any atom is 0.363 e. The SMILES string of the molecule is CCOC(=O)COc1c(I)cc(/C=C2\N=C(c3ccc(Br)cc3)OC2=O)cc1OCC. The van der Waals surface area contributed by atoms with E-state index in [0.717, 1.165) is 4.47 Å². The highest BCUT2D eigenvalue weighted by atomic mass is 127. The van der Waals surface area contributed by atoms with Crippen LogP contribution in [0, 0.1) is 3.57 Å². The second-order valence-corrected chi connectivity index (χ2v) is 8.28. The molecule has 162 valence electrons. The normalized spacial score (nSPS) is 14.3. The van der Waals surface area contributed by atoms with Crippen LogP contribution in [0.5, 0.6) is 11.5 Å². The zero-order valence-corrected chi connectivity index (χ0v) is 20.6. The van der Waals surface area contributed by atoms with Crippen LogP contribution in [0.1, 0.15) is 25.0 Å². The summed E-state index contributed by atoms with van der Waals surface area (Å²) in [6.07, 6.45) is 1.62. The van der Waals surface area contributed by atoms with Gasteiger partial charge in [0.1, 0.15) is 0 Å². The van der Waals surface area contributed by atoms with Crippen LogP contribution < -0.4 is 9.47 Å². The second-order valence-electron chi connectivity index (χ2n) is 6.20. The number of rotatable bonds is 8. The van der Waals surface area contributed by atoms with Crippen molar-refractivity contribution in [3.63, 3.8) is 0 Å². The molecule has 0 N–H and O–H groups in total. The average Bonchev–Trinajstić information content (AvgIpc) is 3.08. The number of benzene rings is 2. The highest BCUT2D eigenvalue weighted by Gasteiger charge is 2.24. The van der Waals surface area contributed by atoms with Crippen molar-refractivity contribution in [3.8, 4) is 11.5 Å². The van der Waals surface area contributed by atoms with E-state index in [0.29, 0.717) is 32.8 Å². The van der Waals surface area contributed by atoms with Gasteiger partial charge in [-0.1, -0.05) is 15.9 Å². The van der Waals surface area contributed by atoms with E-state index in [9.17, 15) is 9.59 Å². The fourth-order valence-corrected chi connectivity index (χ4v) is 3.74. The van der Waals surface area contributed by atoms with Crippen molar-refractivity contribution in [1.82, 2.24) is 0 Å². The predicted octanol–water partition coefficient (Wildman–Crippen LogP) is 4.74. The molecule has 0 aromatic heterocycles. The molecule has 3 rings (SSSR count). The fraction of sp³-hybridized carbons (Fsp3) is 0.227. The monoisotopic (exact) mass is 599 g/mol. The van der Waals surface area contributed by atoms with Gasteiger partial charge in [-0.15, -0.1) is 0 Å². The first-order valence-corrected chi connectivity index (χ1v) is 11.3. The number of hydrogen-bond donors (Lipinski definition) is 0. The quantitative estimate of drug-likeness (QED) is 0.248. The van der Waals surface area contributed by atoms with E-state index in [4.69, 9.17) is 18.9 Å². The third kappa shape index (κ3) is 6.07. The summed E-state index contributed by atoms with van der Waals surface area (Å²) in [7, 11) is 0. The topological polar surface area (TPSA) is 83.4 Å². The van der Waals surface area contributed by atoms with Crippen molar-refractivity contribution in [2.45, 2.75) is 13.8 Å². The molecule has 9 heteroatoms. The molecule has 2 aromatic carbocycles. The van der Waals surface area contributed by atoms with E-state index in [2.05, 4.69) is 43.5 Å². The Labute approximate surface area is 201 Å². The molecule has 0 atom stereocenters. The summed E-state index contributed by atoms with van der Waals surface area (Å²) in [5.74, 6) is 0.140. The summed E-state index contributed by atoms with van der Waals surface area (Å²) in [4.78, 5) is 28.3. The maximum atomic E-state index is 12.3. The van der Waals surface area contributed by atoms with Gasteiger partial charge >= 0.3 is 11.9 Å². The van der Waals surface area contributed by atoms with Gasteiger partial charge in [0.15, 0.2) is 23.8 Å². The summed E-state index contributed by atoms with van der Waals surface area (Å²) >= 11 is 5.46. The molecule has 1 heterocycles. The summed E-state index contributed by atoms with van der Waals surface area (Å²) in [6.45, 7) is 4.03. The Kier molecular flexibility index (Phi) is 8.08. The standard InChI is InChI=1S/C22H19BrINO6/c1-3-28-18-11-13(9-16(24)20(18)30-12-19(26)29-4-2)10-17-22(27)31-21(25-17)14-5-7-15(23)8-6-14/h5-11H,3-4,12H2,1-2H3/b17-10-. The summed E-state index contributed by atoms with van der Waals surface area (Å²) in [5, 5.41) is 0. The molecule has 0 spiro atoms. The summed E-state index contributed by atoms with van der Waals surface area (Å²) in [6, 6.07) is 10.8. The molecule has 0 unspecified atom stereocenters. The number of halogens is 2. The van der Waals surface area contributed by atoms with Gasteiger partial charge in [-0.2, -0.15) is 0 Å². The summed E-state index contributed by atoms with van der Waals surface area (Å²) < 4.78 is 23.1. The average molecular weight is 600 g/mol.